The van der Waals surface area contributed by atoms with Crippen molar-refractivity contribution in [2.24, 2.45) is 11.8 Å². The predicted octanol–water partition coefficient (Wildman–Crippen LogP) is 2.40. The Hall–Kier alpha value is -1.69. The summed E-state index contributed by atoms with van der Waals surface area (Å²) in [5, 5.41) is 12.1. The zero-order valence-electron chi connectivity index (χ0n) is 9.53. The van der Waals surface area contributed by atoms with Crippen LogP contribution in [0, 0.1) is 23.2 Å². The van der Waals surface area contributed by atoms with Crippen LogP contribution in [0.5, 0.6) is 0 Å². The Morgan fingerprint density at radius 2 is 2.31 bits per heavy atom. The second-order valence-electron chi connectivity index (χ2n) is 4.60. The lowest BCUT2D eigenvalue weighted by Gasteiger charge is -2.08. The van der Waals surface area contributed by atoms with Gasteiger partial charge < -0.3 is 11.1 Å². The summed E-state index contributed by atoms with van der Waals surface area (Å²) in [7, 11) is 0. The molecule has 3 heteroatoms. The molecule has 84 valence electrons. The molecular weight excluding hydrogens is 198 g/mol. The van der Waals surface area contributed by atoms with Gasteiger partial charge in [-0.3, -0.25) is 0 Å². The number of nitrogens with one attached hydrogen (secondary N) is 1. The van der Waals surface area contributed by atoms with E-state index in [-0.39, 0.29) is 0 Å². The number of nitrogens with zero attached hydrogens (tertiary/aromatic N) is 1. The summed E-state index contributed by atoms with van der Waals surface area (Å²) in [4.78, 5) is 0. The molecule has 1 aliphatic rings. The molecule has 0 saturated heterocycles. The van der Waals surface area contributed by atoms with Crippen LogP contribution in [-0.4, -0.2) is 6.54 Å². The quantitative estimate of drug-likeness (QED) is 0.758. The fourth-order valence-corrected chi connectivity index (χ4v) is 1.89. The van der Waals surface area contributed by atoms with Crippen molar-refractivity contribution in [3.8, 4) is 6.07 Å². The van der Waals surface area contributed by atoms with Gasteiger partial charge in [0.05, 0.1) is 12.5 Å². The molecule has 2 unspecified atom stereocenters. The predicted molar refractivity (Wildman–Crippen MR) is 65.9 cm³/mol. The Kier molecular flexibility index (Phi) is 3.00. The van der Waals surface area contributed by atoms with Gasteiger partial charge in [-0.15, -0.1) is 0 Å². The third-order valence-corrected chi connectivity index (χ3v) is 3.26. The average Bonchev–Trinajstić information content (AvgIpc) is 2.96. The summed E-state index contributed by atoms with van der Waals surface area (Å²) in [6.45, 7) is 3.30. The third-order valence-electron chi connectivity index (χ3n) is 3.26. The van der Waals surface area contributed by atoms with Gasteiger partial charge in [-0.25, -0.2) is 0 Å². The van der Waals surface area contributed by atoms with Crippen LogP contribution in [0.15, 0.2) is 18.2 Å². The van der Waals surface area contributed by atoms with Gasteiger partial charge in [-0.1, -0.05) is 6.92 Å². The van der Waals surface area contributed by atoms with Crippen molar-refractivity contribution in [3.05, 3.63) is 23.8 Å². The van der Waals surface area contributed by atoms with Gasteiger partial charge in [-0.2, -0.15) is 5.26 Å². The fourth-order valence-electron chi connectivity index (χ4n) is 1.89. The minimum atomic E-state index is 0.376. The van der Waals surface area contributed by atoms with E-state index in [0.29, 0.717) is 12.1 Å². The van der Waals surface area contributed by atoms with E-state index >= 15 is 0 Å². The van der Waals surface area contributed by atoms with Crippen molar-refractivity contribution in [2.45, 2.75) is 19.8 Å². The Balaban J connectivity index is 1.98. The smallest absolute Gasteiger partial charge is 0.0670 e. The minimum absolute atomic E-state index is 0.376. The molecule has 0 radical (unpaired) electrons. The number of rotatable bonds is 4. The summed E-state index contributed by atoms with van der Waals surface area (Å²) in [6.07, 6.45) is 1.70. The van der Waals surface area contributed by atoms with Crippen molar-refractivity contribution in [1.82, 2.24) is 0 Å². The molecule has 3 N–H and O–H groups in total. The zero-order chi connectivity index (χ0) is 11.5. The second-order valence-corrected chi connectivity index (χ2v) is 4.60. The topological polar surface area (TPSA) is 61.8 Å². The summed E-state index contributed by atoms with van der Waals surface area (Å²) in [5.41, 5.74) is 8.47. The monoisotopic (exact) mass is 215 g/mol. The molecule has 1 fully saturated rings. The van der Waals surface area contributed by atoms with Crippen LogP contribution in [0.1, 0.15) is 18.9 Å². The van der Waals surface area contributed by atoms with Crippen molar-refractivity contribution in [1.29, 1.82) is 5.26 Å². The molecule has 0 aliphatic heterocycles. The highest BCUT2D eigenvalue weighted by Gasteiger charge is 2.31. The van der Waals surface area contributed by atoms with E-state index in [4.69, 9.17) is 11.0 Å². The maximum absolute atomic E-state index is 8.67. The molecule has 0 heterocycles. The molecule has 16 heavy (non-hydrogen) atoms. The first kappa shape index (κ1) is 10.8. The van der Waals surface area contributed by atoms with Gasteiger partial charge in [0.25, 0.3) is 0 Å². The summed E-state index contributed by atoms with van der Waals surface area (Å²) in [6, 6.07) is 7.95. The van der Waals surface area contributed by atoms with Crippen molar-refractivity contribution in [2.75, 3.05) is 17.6 Å². The molecule has 3 nitrogen and oxygen atoms in total. The lowest BCUT2D eigenvalue weighted by molar-refractivity contribution is 0.787. The molecule has 1 aliphatic carbocycles. The van der Waals surface area contributed by atoms with E-state index in [1.807, 2.05) is 18.2 Å². The van der Waals surface area contributed by atoms with Crippen LogP contribution in [0.3, 0.4) is 0 Å². The summed E-state index contributed by atoms with van der Waals surface area (Å²) >= 11 is 0. The second kappa shape index (κ2) is 4.44. The Bertz CT molecular complexity index is 420. The number of nitrogens with two attached hydrogens (primary N) is 1. The molecule has 1 aromatic carbocycles. The van der Waals surface area contributed by atoms with Crippen LogP contribution in [0.4, 0.5) is 11.4 Å². The molecule has 1 aromatic rings. The number of nitriles is 1. The standard InChI is InChI=1S/C13H17N3/c1-9-6-11(9)8-16-12-2-3-13(15)10(7-12)4-5-14/h2-3,7,9,11,16H,4,6,8,15H2,1H3. The number of hydrogen-bond acceptors (Lipinski definition) is 3. The van der Waals surface area contributed by atoms with Gasteiger partial charge in [0.1, 0.15) is 0 Å². The highest BCUT2D eigenvalue weighted by Crippen LogP contribution is 2.37. The highest BCUT2D eigenvalue weighted by atomic mass is 14.9. The van der Waals surface area contributed by atoms with Gasteiger partial charge in [-0.05, 0) is 42.0 Å². The summed E-state index contributed by atoms with van der Waals surface area (Å²) in [5.74, 6) is 1.68. The van der Waals surface area contributed by atoms with E-state index in [2.05, 4.69) is 18.3 Å². The first-order valence-corrected chi connectivity index (χ1v) is 5.70. The SMILES string of the molecule is CC1CC1CNc1ccc(N)c(CC#N)c1. The fraction of sp³-hybridized carbons (Fsp3) is 0.462. The van der Waals surface area contributed by atoms with Crippen molar-refractivity contribution >= 4 is 11.4 Å². The van der Waals surface area contributed by atoms with E-state index in [1.54, 1.807) is 0 Å². The first-order valence-electron chi connectivity index (χ1n) is 5.70. The normalized spacial score (nSPS) is 22.5. The maximum atomic E-state index is 8.67. The van der Waals surface area contributed by atoms with Crippen LogP contribution >= 0.6 is 0 Å². The Morgan fingerprint density at radius 1 is 1.56 bits per heavy atom. The van der Waals surface area contributed by atoms with Crippen molar-refractivity contribution in [3.63, 3.8) is 0 Å². The Labute approximate surface area is 96.3 Å². The van der Waals surface area contributed by atoms with E-state index in [9.17, 15) is 0 Å². The zero-order valence-corrected chi connectivity index (χ0v) is 9.53. The van der Waals surface area contributed by atoms with E-state index in [0.717, 1.165) is 29.6 Å². The maximum Gasteiger partial charge on any atom is 0.0670 e. The number of benzene rings is 1. The highest BCUT2D eigenvalue weighted by molar-refractivity contribution is 5.58. The Morgan fingerprint density at radius 3 is 2.94 bits per heavy atom. The van der Waals surface area contributed by atoms with E-state index < -0.39 is 0 Å². The summed E-state index contributed by atoms with van der Waals surface area (Å²) < 4.78 is 0. The third kappa shape index (κ3) is 2.46. The van der Waals surface area contributed by atoms with Crippen LogP contribution in [0.25, 0.3) is 0 Å². The van der Waals surface area contributed by atoms with Crippen molar-refractivity contribution < 1.29 is 0 Å². The molecule has 0 bridgehead atoms. The van der Waals surface area contributed by atoms with Gasteiger partial charge in [0, 0.05) is 17.9 Å². The molecule has 0 spiro atoms. The molecule has 0 amide bonds. The van der Waals surface area contributed by atoms with Gasteiger partial charge in [0.2, 0.25) is 0 Å². The molecule has 0 aromatic heterocycles. The van der Waals surface area contributed by atoms with Gasteiger partial charge in [0.15, 0.2) is 0 Å². The lowest BCUT2D eigenvalue weighted by Crippen LogP contribution is -2.05. The van der Waals surface area contributed by atoms with Crippen LogP contribution in [0.2, 0.25) is 0 Å². The van der Waals surface area contributed by atoms with Crippen LogP contribution < -0.4 is 11.1 Å². The van der Waals surface area contributed by atoms with E-state index in [1.165, 1.54) is 6.42 Å². The number of nitrogen functional groups attached to an aromatic ring is 1. The molecule has 1 saturated carbocycles. The first-order chi connectivity index (χ1) is 7.70. The van der Waals surface area contributed by atoms with Gasteiger partial charge >= 0.3 is 0 Å². The lowest BCUT2D eigenvalue weighted by atomic mass is 10.1. The average molecular weight is 215 g/mol. The largest absolute Gasteiger partial charge is 0.398 e. The number of anilines is 2. The minimum Gasteiger partial charge on any atom is -0.398 e. The molecule has 2 rings (SSSR count). The van der Waals surface area contributed by atoms with Crippen LogP contribution in [-0.2, 0) is 6.42 Å². The molecular formula is C13H17N3. The molecule has 2 atom stereocenters. The number of hydrogen-bond donors (Lipinski definition) is 2.